The van der Waals surface area contributed by atoms with Gasteiger partial charge in [-0.15, -0.1) is 0 Å². The van der Waals surface area contributed by atoms with Gasteiger partial charge >= 0.3 is 0 Å². The summed E-state index contributed by atoms with van der Waals surface area (Å²) in [5, 5.41) is 8.94. The Bertz CT molecular complexity index is 233. The second kappa shape index (κ2) is 5.51. The number of hydrogen-bond acceptors (Lipinski definition) is 3. The van der Waals surface area contributed by atoms with Crippen LogP contribution in [0.1, 0.15) is 38.4 Å². The molecule has 1 N–H and O–H groups in total. The van der Waals surface area contributed by atoms with E-state index in [9.17, 15) is 0 Å². The second-order valence-corrected chi connectivity index (χ2v) is 3.17. The normalized spacial score (nSPS) is 10.2. The lowest BCUT2D eigenvalue weighted by Gasteiger charge is -1.98. The minimum Gasteiger partial charge on any atom is -0.505 e. The van der Waals surface area contributed by atoms with Crippen LogP contribution in [0.5, 0.6) is 5.75 Å². The summed E-state index contributed by atoms with van der Waals surface area (Å²) in [6.07, 6.45) is 8.71. The van der Waals surface area contributed by atoms with Crippen LogP contribution in [0.2, 0.25) is 0 Å². The van der Waals surface area contributed by atoms with Crippen LogP contribution in [0.3, 0.4) is 0 Å². The zero-order valence-corrected chi connectivity index (χ0v) is 8.03. The van der Waals surface area contributed by atoms with Crippen molar-refractivity contribution in [3.63, 3.8) is 0 Å². The molecular formula is C10H16N2O. The van der Waals surface area contributed by atoms with Gasteiger partial charge in [-0.05, 0) is 6.42 Å². The number of aromatic nitrogens is 2. The molecule has 0 aliphatic heterocycles. The number of unbranched alkanes of at least 4 members (excludes halogenated alkanes) is 3. The summed E-state index contributed by atoms with van der Waals surface area (Å²) in [4.78, 5) is 8.03. The molecule has 72 valence electrons. The standard InChI is InChI=1S/C10H16N2O/c1-2-3-4-5-6-10-11-7-9(13)8-12-10/h7-8,13H,2-6H2,1H3. The Kier molecular flexibility index (Phi) is 4.23. The minimum atomic E-state index is 0.136. The van der Waals surface area contributed by atoms with Gasteiger partial charge in [-0.1, -0.05) is 26.2 Å². The second-order valence-electron chi connectivity index (χ2n) is 3.17. The average Bonchev–Trinajstić information content (AvgIpc) is 2.15. The van der Waals surface area contributed by atoms with Crippen LogP contribution in [0, 0.1) is 0 Å². The van der Waals surface area contributed by atoms with Gasteiger partial charge in [0.05, 0.1) is 12.4 Å². The largest absolute Gasteiger partial charge is 0.505 e. The molecule has 1 heterocycles. The molecule has 0 amide bonds. The summed E-state index contributed by atoms with van der Waals surface area (Å²) >= 11 is 0. The van der Waals surface area contributed by atoms with E-state index in [1.54, 1.807) is 0 Å². The van der Waals surface area contributed by atoms with Gasteiger partial charge in [0.15, 0.2) is 5.75 Å². The first kappa shape index (κ1) is 9.96. The van der Waals surface area contributed by atoms with Crippen molar-refractivity contribution in [2.45, 2.75) is 39.0 Å². The molecule has 1 rings (SSSR count). The maximum atomic E-state index is 8.94. The quantitative estimate of drug-likeness (QED) is 0.707. The van der Waals surface area contributed by atoms with E-state index in [4.69, 9.17) is 5.11 Å². The molecule has 1 aromatic rings. The van der Waals surface area contributed by atoms with E-state index in [2.05, 4.69) is 16.9 Å². The number of rotatable bonds is 5. The van der Waals surface area contributed by atoms with E-state index < -0.39 is 0 Å². The lowest BCUT2D eigenvalue weighted by atomic mass is 10.1. The molecule has 0 aliphatic rings. The Morgan fingerprint density at radius 1 is 1.15 bits per heavy atom. The zero-order valence-electron chi connectivity index (χ0n) is 8.03. The maximum Gasteiger partial charge on any atom is 0.152 e. The predicted octanol–water partition coefficient (Wildman–Crippen LogP) is 2.30. The van der Waals surface area contributed by atoms with Crippen molar-refractivity contribution in [1.29, 1.82) is 0 Å². The van der Waals surface area contributed by atoms with Crippen LogP contribution in [-0.4, -0.2) is 15.1 Å². The first-order chi connectivity index (χ1) is 6.33. The number of aryl methyl sites for hydroxylation is 1. The third-order valence-corrected chi connectivity index (χ3v) is 1.95. The maximum absolute atomic E-state index is 8.94. The molecule has 0 aromatic carbocycles. The van der Waals surface area contributed by atoms with Gasteiger partial charge in [0, 0.05) is 6.42 Å². The van der Waals surface area contributed by atoms with Gasteiger partial charge in [-0.3, -0.25) is 0 Å². The highest BCUT2D eigenvalue weighted by molar-refractivity contribution is 5.09. The molecule has 13 heavy (non-hydrogen) atoms. The van der Waals surface area contributed by atoms with Crippen molar-refractivity contribution >= 4 is 0 Å². The van der Waals surface area contributed by atoms with Crippen LogP contribution in [0.25, 0.3) is 0 Å². The SMILES string of the molecule is CCCCCCc1ncc(O)cn1. The molecule has 0 aliphatic carbocycles. The molecule has 0 unspecified atom stereocenters. The Labute approximate surface area is 78.9 Å². The molecule has 3 heteroatoms. The van der Waals surface area contributed by atoms with E-state index in [0.717, 1.165) is 18.7 Å². The molecular weight excluding hydrogens is 164 g/mol. The average molecular weight is 180 g/mol. The lowest BCUT2D eigenvalue weighted by molar-refractivity contribution is 0.468. The van der Waals surface area contributed by atoms with Crippen LogP contribution in [0.15, 0.2) is 12.4 Å². The minimum absolute atomic E-state index is 0.136. The number of nitrogens with zero attached hydrogens (tertiary/aromatic N) is 2. The lowest BCUT2D eigenvalue weighted by Crippen LogP contribution is -1.93. The predicted molar refractivity (Wildman–Crippen MR) is 51.5 cm³/mol. The third kappa shape index (κ3) is 3.87. The fourth-order valence-corrected chi connectivity index (χ4v) is 1.19. The van der Waals surface area contributed by atoms with Crippen molar-refractivity contribution in [3.8, 4) is 5.75 Å². The molecule has 0 fully saturated rings. The summed E-state index contributed by atoms with van der Waals surface area (Å²) in [6, 6.07) is 0. The number of aromatic hydroxyl groups is 1. The highest BCUT2D eigenvalue weighted by Crippen LogP contribution is 2.06. The molecule has 0 atom stereocenters. The highest BCUT2D eigenvalue weighted by atomic mass is 16.3. The topological polar surface area (TPSA) is 46.0 Å². The van der Waals surface area contributed by atoms with E-state index in [1.165, 1.54) is 31.7 Å². The third-order valence-electron chi connectivity index (χ3n) is 1.95. The van der Waals surface area contributed by atoms with E-state index in [1.807, 2.05) is 0 Å². The summed E-state index contributed by atoms with van der Waals surface area (Å²) in [5.41, 5.74) is 0. The van der Waals surface area contributed by atoms with Crippen molar-refractivity contribution in [2.24, 2.45) is 0 Å². The van der Waals surface area contributed by atoms with Crippen molar-refractivity contribution in [1.82, 2.24) is 9.97 Å². The monoisotopic (exact) mass is 180 g/mol. The molecule has 0 spiro atoms. The Morgan fingerprint density at radius 2 is 1.85 bits per heavy atom. The fraction of sp³-hybridized carbons (Fsp3) is 0.600. The van der Waals surface area contributed by atoms with Crippen molar-refractivity contribution in [2.75, 3.05) is 0 Å². The summed E-state index contributed by atoms with van der Waals surface area (Å²) < 4.78 is 0. The number of hydrogen-bond donors (Lipinski definition) is 1. The summed E-state index contributed by atoms with van der Waals surface area (Å²) in [6.45, 7) is 2.19. The zero-order chi connectivity index (χ0) is 9.52. The summed E-state index contributed by atoms with van der Waals surface area (Å²) in [5.74, 6) is 0.964. The molecule has 0 saturated heterocycles. The van der Waals surface area contributed by atoms with Crippen molar-refractivity contribution < 1.29 is 5.11 Å². The molecule has 0 radical (unpaired) electrons. The molecule has 0 bridgehead atoms. The summed E-state index contributed by atoms with van der Waals surface area (Å²) in [7, 11) is 0. The van der Waals surface area contributed by atoms with Crippen LogP contribution in [-0.2, 0) is 6.42 Å². The Balaban J connectivity index is 2.25. The first-order valence-corrected chi connectivity index (χ1v) is 4.83. The van der Waals surface area contributed by atoms with Crippen LogP contribution >= 0.6 is 0 Å². The van der Waals surface area contributed by atoms with E-state index >= 15 is 0 Å². The van der Waals surface area contributed by atoms with Crippen LogP contribution < -0.4 is 0 Å². The van der Waals surface area contributed by atoms with Gasteiger partial charge in [0.2, 0.25) is 0 Å². The Morgan fingerprint density at radius 3 is 2.46 bits per heavy atom. The highest BCUT2D eigenvalue weighted by Gasteiger charge is 1.96. The van der Waals surface area contributed by atoms with Gasteiger partial charge < -0.3 is 5.11 Å². The smallest absolute Gasteiger partial charge is 0.152 e. The molecule has 3 nitrogen and oxygen atoms in total. The van der Waals surface area contributed by atoms with Crippen molar-refractivity contribution in [3.05, 3.63) is 18.2 Å². The first-order valence-electron chi connectivity index (χ1n) is 4.83. The van der Waals surface area contributed by atoms with E-state index in [-0.39, 0.29) is 5.75 Å². The fourth-order valence-electron chi connectivity index (χ4n) is 1.19. The van der Waals surface area contributed by atoms with Crippen LogP contribution in [0.4, 0.5) is 0 Å². The Hall–Kier alpha value is -1.12. The van der Waals surface area contributed by atoms with Gasteiger partial charge in [-0.2, -0.15) is 0 Å². The molecule has 1 aromatic heterocycles. The van der Waals surface area contributed by atoms with Gasteiger partial charge in [0.25, 0.3) is 0 Å². The molecule has 0 saturated carbocycles. The van der Waals surface area contributed by atoms with E-state index in [0.29, 0.717) is 0 Å². The van der Waals surface area contributed by atoms with Gasteiger partial charge in [-0.25, -0.2) is 9.97 Å². The van der Waals surface area contributed by atoms with Gasteiger partial charge in [0.1, 0.15) is 5.82 Å².